The summed E-state index contributed by atoms with van der Waals surface area (Å²) in [7, 11) is 0. The molecule has 4 aliphatic heterocycles. The van der Waals surface area contributed by atoms with Crippen LogP contribution in [0.5, 0.6) is 0 Å². The van der Waals surface area contributed by atoms with E-state index < -0.39 is 0 Å². The highest BCUT2D eigenvalue weighted by Crippen LogP contribution is 2.34. The minimum Gasteiger partial charge on any atom is -0.275 e. The minimum atomic E-state index is 0.542. The topological polar surface area (TPSA) is 13.0 Å². The van der Waals surface area contributed by atoms with Crippen molar-refractivity contribution in [3.8, 4) is 0 Å². The predicted molar refractivity (Wildman–Crippen MR) is 131 cm³/mol. The van der Waals surface area contributed by atoms with Crippen LogP contribution in [0.3, 0.4) is 0 Å². The summed E-state index contributed by atoms with van der Waals surface area (Å²) in [6.45, 7) is 23.5. The van der Waals surface area contributed by atoms with Crippen LogP contribution in [0.2, 0.25) is 0 Å². The second kappa shape index (κ2) is 9.74. The average Bonchev–Trinajstić information content (AvgIpc) is 3.36. The van der Waals surface area contributed by atoms with Crippen molar-refractivity contribution in [2.24, 2.45) is 0 Å². The number of benzene rings is 1. The number of hydrogen-bond acceptors (Lipinski definition) is 4. The van der Waals surface area contributed by atoms with Gasteiger partial charge in [-0.2, -0.15) is 0 Å². The fourth-order valence-electron chi connectivity index (χ4n) is 6.29. The van der Waals surface area contributed by atoms with Gasteiger partial charge in [-0.15, -0.1) is 0 Å². The van der Waals surface area contributed by atoms with Crippen LogP contribution in [0.25, 0.3) is 0 Å². The Hall–Kier alpha value is -0.940. The number of hydrogen-bond donors (Lipinski definition) is 0. The lowest BCUT2D eigenvalue weighted by Crippen LogP contribution is -2.33. The molecular formula is C28H42N4. The average molecular weight is 435 g/mol. The van der Waals surface area contributed by atoms with E-state index in [1.807, 2.05) is 0 Å². The van der Waals surface area contributed by atoms with Gasteiger partial charge in [-0.25, -0.2) is 0 Å². The first-order chi connectivity index (χ1) is 15.5. The van der Waals surface area contributed by atoms with Crippen LogP contribution < -0.4 is 0 Å². The maximum atomic E-state index is 3.71. The molecule has 2 atom stereocenters. The van der Waals surface area contributed by atoms with E-state index in [0.29, 0.717) is 23.9 Å². The molecule has 1 aromatic carbocycles. The second-order valence-electron chi connectivity index (χ2n) is 11.2. The Morgan fingerprint density at radius 2 is 1.19 bits per heavy atom. The highest BCUT2D eigenvalue weighted by molar-refractivity contribution is 5.42. The van der Waals surface area contributed by atoms with Crippen molar-refractivity contribution < 1.29 is 0 Å². The van der Waals surface area contributed by atoms with Gasteiger partial charge < -0.3 is 0 Å². The molecule has 4 aliphatic rings. The van der Waals surface area contributed by atoms with Crippen molar-refractivity contribution in [2.75, 3.05) is 26.2 Å². The zero-order valence-electron chi connectivity index (χ0n) is 20.7. The third-order valence-corrected chi connectivity index (χ3v) is 8.02. The van der Waals surface area contributed by atoms with E-state index in [-0.39, 0.29) is 0 Å². The first kappa shape index (κ1) is 22.8. The first-order valence-electron chi connectivity index (χ1n) is 13.2. The van der Waals surface area contributed by atoms with Gasteiger partial charge in [0, 0.05) is 51.4 Å². The lowest BCUT2D eigenvalue weighted by atomic mass is 9.87. The highest BCUT2D eigenvalue weighted by Gasteiger charge is 2.35. The van der Waals surface area contributed by atoms with E-state index >= 15 is 0 Å². The maximum Gasteiger partial charge on any atom is 0.147 e. The SMILES string of the molecule is CC(C)c1cc(C(C)C)c(CN2[C]N3CCCCC3C2)cc1CN1[C]N2CCCCC2C1. The quantitative estimate of drug-likeness (QED) is 0.605. The van der Waals surface area contributed by atoms with Crippen LogP contribution in [0.4, 0.5) is 0 Å². The van der Waals surface area contributed by atoms with E-state index in [9.17, 15) is 0 Å². The van der Waals surface area contributed by atoms with E-state index in [1.54, 1.807) is 0 Å². The molecule has 0 spiro atoms. The predicted octanol–water partition coefficient (Wildman–Crippen LogP) is 5.27. The molecule has 174 valence electrons. The van der Waals surface area contributed by atoms with Crippen LogP contribution >= 0.6 is 0 Å². The lowest BCUT2D eigenvalue weighted by molar-refractivity contribution is 0.229. The van der Waals surface area contributed by atoms with Gasteiger partial charge in [-0.05, 0) is 59.8 Å². The summed E-state index contributed by atoms with van der Waals surface area (Å²) in [4.78, 5) is 9.88. The number of nitrogens with zero attached hydrogens (tertiary/aromatic N) is 4. The van der Waals surface area contributed by atoms with Gasteiger partial charge in [-0.1, -0.05) is 52.7 Å². The molecule has 0 N–H and O–H groups in total. The molecule has 0 saturated carbocycles. The second-order valence-corrected chi connectivity index (χ2v) is 11.2. The molecule has 2 unspecified atom stereocenters. The van der Waals surface area contributed by atoms with Gasteiger partial charge in [0.15, 0.2) is 0 Å². The summed E-state index contributed by atoms with van der Waals surface area (Å²) in [6.07, 6.45) is 8.06. The summed E-state index contributed by atoms with van der Waals surface area (Å²) >= 11 is 0. The van der Waals surface area contributed by atoms with Crippen molar-refractivity contribution in [3.63, 3.8) is 0 Å². The standard InChI is InChI=1S/C28H42N4/c1-21(2)27-14-28(22(3)4)24(16-30-18-26-10-6-8-12-32(26)20-30)13-23(27)15-29-17-25-9-5-7-11-31(25)19-29/h13-14,21-22,25-26H,5-12,15-18H2,1-4H3. The fraction of sp³-hybridized carbons (Fsp3) is 0.714. The Kier molecular flexibility index (Phi) is 6.95. The van der Waals surface area contributed by atoms with Crippen LogP contribution in [-0.4, -0.2) is 57.9 Å². The summed E-state index contributed by atoms with van der Waals surface area (Å²) in [6, 6.07) is 6.45. The number of piperidine rings is 2. The molecule has 0 aromatic heterocycles. The summed E-state index contributed by atoms with van der Waals surface area (Å²) in [5.41, 5.74) is 6.05. The van der Waals surface area contributed by atoms with Crippen LogP contribution in [0.15, 0.2) is 12.1 Å². The normalized spacial score (nSPS) is 28.1. The fourth-order valence-corrected chi connectivity index (χ4v) is 6.29. The highest BCUT2D eigenvalue weighted by atomic mass is 15.4. The van der Waals surface area contributed by atoms with Gasteiger partial charge in [0.25, 0.3) is 0 Å². The van der Waals surface area contributed by atoms with E-state index in [4.69, 9.17) is 0 Å². The Morgan fingerprint density at radius 3 is 1.59 bits per heavy atom. The molecule has 4 radical (unpaired) electrons. The molecular weight excluding hydrogens is 392 g/mol. The summed E-state index contributed by atoms with van der Waals surface area (Å²) < 4.78 is 0. The van der Waals surface area contributed by atoms with Crippen molar-refractivity contribution >= 4 is 0 Å². The zero-order valence-corrected chi connectivity index (χ0v) is 20.7. The third-order valence-electron chi connectivity index (χ3n) is 8.02. The Bertz CT molecular complexity index is 699. The number of rotatable bonds is 6. The van der Waals surface area contributed by atoms with Crippen LogP contribution in [0, 0.1) is 13.3 Å². The molecule has 32 heavy (non-hydrogen) atoms. The molecule has 4 heterocycles. The van der Waals surface area contributed by atoms with Crippen LogP contribution in [0.1, 0.15) is 100 Å². The molecule has 4 fully saturated rings. The Labute approximate surface area is 196 Å². The van der Waals surface area contributed by atoms with Gasteiger partial charge >= 0.3 is 0 Å². The third kappa shape index (κ3) is 4.80. The summed E-state index contributed by atoms with van der Waals surface area (Å²) in [5, 5.41) is 0. The molecule has 4 saturated heterocycles. The molecule has 0 bridgehead atoms. The van der Waals surface area contributed by atoms with Crippen molar-refractivity contribution in [1.29, 1.82) is 0 Å². The Balaban J connectivity index is 1.37. The van der Waals surface area contributed by atoms with Gasteiger partial charge in [0.1, 0.15) is 13.3 Å². The Morgan fingerprint density at radius 1 is 0.719 bits per heavy atom. The van der Waals surface area contributed by atoms with Crippen LogP contribution in [-0.2, 0) is 13.1 Å². The molecule has 0 aliphatic carbocycles. The van der Waals surface area contributed by atoms with E-state index in [0.717, 1.165) is 26.2 Å². The van der Waals surface area contributed by atoms with Crippen molar-refractivity contribution in [1.82, 2.24) is 19.6 Å². The molecule has 4 heteroatoms. The zero-order chi connectivity index (χ0) is 22.2. The van der Waals surface area contributed by atoms with Crippen molar-refractivity contribution in [2.45, 2.75) is 103 Å². The number of fused-ring (bicyclic) bond motifs is 2. The van der Waals surface area contributed by atoms with E-state index in [2.05, 4.69) is 72.8 Å². The van der Waals surface area contributed by atoms with Gasteiger partial charge in [0.2, 0.25) is 0 Å². The lowest BCUT2D eigenvalue weighted by Gasteiger charge is -2.26. The molecule has 5 rings (SSSR count). The first-order valence-corrected chi connectivity index (χ1v) is 13.2. The van der Waals surface area contributed by atoms with E-state index in [1.165, 1.54) is 73.9 Å². The largest absolute Gasteiger partial charge is 0.275 e. The van der Waals surface area contributed by atoms with Gasteiger partial charge in [-0.3, -0.25) is 19.6 Å². The summed E-state index contributed by atoms with van der Waals surface area (Å²) in [5.74, 6) is 1.08. The van der Waals surface area contributed by atoms with Crippen molar-refractivity contribution in [3.05, 3.63) is 47.7 Å². The minimum absolute atomic E-state index is 0.542. The van der Waals surface area contributed by atoms with Gasteiger partial charge in [0.05, 0.1) is 0 Å². The maximum absolute atomic E-state index is 3.71. The molecule has 0 amide bonds. The molecule has 4 nitrogen and oxygen atoms in total. The smallest absolute Gasteiger partial charge is 0.147 e. The monoisotopic (exact) mass is 434 g/mol. The molecule has 1 aromatic rings.